The van der Waals surface area contributed by atoms with Crippen LogP contribution in [0.1, 0.15) is 41.7 Å². The van der Waals surface area contributed by atoms with E-state index in [0.29, 0.717) is 30.1 Å². The van der Waals surface area contributed by atoms with E-state index >= 15 is 0 Å². The first kappa shape index (κ1) is 19.7. The Morgan fingerprint density at radius 3 is 2.72 bits per heavy atom. The van der Waals surface area contributed by atoms with Crippen LogP contribution in [0.4, 0.5) is 5.69 Å². The Morgan fingerprint density at radius 1 is 1.24 bits per heavy atom. The lowest BCUT2D eigenvalue weighted by Gasteiger charge is -2.26. The molecule has 0 radical (unpaired) electrons. The van der Waals surface area contributed by atoms with E-state index in [1.807, 2.05) is 30.3 Å². The second kappa shape index (κ2) is 8.82. The molecule has 7 heteroatoms. The van der Waals surface area contributed by atoms with Crippen LogP contribution in [-0.2, 0) is 11.3 Å². The second-order valence-electron chi connectivity index (χ2n) is 7.67. The first-order valence-corrected chi connectivity index (χ1v) is 10.5. The van der Waals surface area contributed by atoms with Crippen LogP contribution in [0.25, 0.3) is 0 Å². The van der Waals surface area contributed by atoms with Gasteiger partial charge in [0.05, 0.1) is 22.9 Å². The number of carbonyl (C=O) groups is 2. The molecule has 0 unspecified atom stereocenters. The Kier molecular flexibility index (Phi) is 6.00. The van der Waals surface area contributed by atoms with Gasteiger partial charge in [0.15, 0.2) is 0 Å². The number of carbonyl (C=O) groups excluding carboxylic acids is 2. The Labute approximate surface area is 175 Å². The fourth-order valence-electron chi connectivity index (χ4n) is 4.02. The first-order chi connectivity index (χ1) is 14.1. The van der Waals surface area contributed by atoms with Crippen LogP contribution in [0, 0.1) is 0 Å². The van der Waals surface area contributed by atoms with Gasteiger partial charge in [-0.15, -0.1) is 0 Å². The molecule has 0 aliphatic carbocycles. The summed E-state index contributed by atoms with van der Waals surface area (Å²) in [6, 6.07) is 11.2. The average Bonchev–Trinajstić information content (AvgIpc) is 3.39. The molecule has 0 bridgehead atoms. The van der Waals surface area contributed by atoms with Crippen LogP contribution in [-0.4, -0.2) is 47.4 Å². The molecule has 1 aromatic carbocycles. The van der Waals surface area contributed by atoms with Gasteiger partial charge in [-0.25, -0.2) is 0 Å². The second-order valence-corrected chi connectivity index (χ2v) is 8.08. The summed E-state index contributed by atoms with van der Waals surface area (Å²) in [6.07, 6.45) is 5.30. The molecule has 2 saturated heterocycles. The van der Waals surface area contributed by atoms with Crippen molar-refractivity contribution in [2.24, 2.45) is 0 Å². The fourth-order valence-corrected chi connectivity index (χ4v) is 4.32. The normalized spacial score (nSPS) is 18.7. The molecule has 2 aliphatic rings. The third kappa shape index (κ3) is 4.70. The van der Waals surface area contributed by atoms with Gasteiger partial charge in [-0.2, -0.15) is 0 Å². The third-order valence-electron chi connectivity index (χ3n) is 5.53. The lowest BCUT2D eigenvalue weighted by atomic mass is 10.1. The van der Waals surface area contributed by atoms with Crippen molar-refractivity contribution in [3.63, 3.8) is 0 Å². The zero-order valence-electron chi connectivity index (χ0n) is 16.3. The summed E-state index contributed by atoms with van der Waals surface area (Å²) in [6.45, 7) is 2.84. The zero-order valence-corrected chi connectivity index (χ0v) is 17.1. The van der Waals surface area contributed by atoms with E-state index in [-0.39, 0.29) is 17.9 Å². The van der Waals surface area contributed by atoms with Gasteiger partial charge >= 0.3 is 0 Å². The number of hydrogen-bond donors (Lipinski definition) is 1. The molecule has 4 rings (SSSR count). The Balaban J connectivity index is 1.54. The van der Waals surface area contributed by atoms with E-state index in [4.69, 9.17) is 11.6 Å². The molecule has 1 aromatic heterocycles. The zero-order chi connectivity index (χ0) is 20.2. The van der Waals surface area contributed by atoms with Gasteiger partial charge in [-0.05, 0) is 49.6 Å². The molecule has 152 valence electrons. The number of amides is 2. The summed E-state index contributed by atoms with van der Waals surface area (Å²) in [5, 5.41) is 3.55. The van der Waals surface area contributed by atoms with Crippen LogP contribution in [0.3, 0.4) is 0 Å². The highest BCUT2D eigenvalue weighted by Gasteiger charge is 2.27. The summed E-state index contributed by atoms with van der Waals surface area (Å²) in [5.74, 6) is -0.0649. The van der Waals surface area contributed by atoms with Gasteiger partial charge < -0.3 is 15.1 Å². The minimum atomic E-state index is -0.105. The van der Waals surface area contributed by atoms with Crippen LogP contribution in [0.2, 0.25) is 5.02 Å². The maximum absolute atomic E-state index is 13.3. The quantitative estimate of drug-likeness (QED) is 0.790. The van der Waals surface area contributed by atoms with Crippen LogP contribution in [0.5, 0.6) is 0 Å². The van der Waals surface area contributed by atoms with Crippen molar-refractivity contribution in [3.05, 3.63) is 58.9 Å². The molecule has 29 heavy (non-hydrogen) atoms. The maximum atomic E-state index is 13.3. The number of benzene rings is 1. The third-order valence-corrected chi connectivity index (χ3v) is 5.84. The number of anilines is 1. The largest absolute Gasteiger partial charge is 0.370 e. The molecule has 1 N–H and O–H groups in total. The Hall–Kier alpha value is -2.60. The van der Waals surface area contributed by atoms with Gasteiger partial charge in [-0.3, -0.25) is 14.6 Å². The van der Waals surface area contributed by atoms with Gasteiger partial charge in [0.2, 0.25) is 5.91 Å². The number of hydrogen-bond acceptors (Lipinski definition) is 4. The molecule has 6 nitrogen and oxygen atoms in total. The smallest absolute Gasteiger partial charge is 0.254 e. The van der Waals surface area contributed by atoms with Crippen molar-refractivity contribution in [1.29, 1.82) is 0 Å². The lowest BCUT2D eigenvalue weighted by molar-refractivity contribution is -0.119. The van der Waals surface area contributed by atoms with Gasteiger partial charge in [0.25, 0.3) is 5.91 Å². The monoisotopic (exact) mass is 412 g/mol. The number of pyridine rings is 1. The first-order valence-electron chi connectivity index (χ1n) is 10.1. The van der Waals surface area contributed by atoms with Crippen molar-refractivity contribution in [1.82, 2.24) is 15.2 Å². The van der Waals surface area contributed by atoms with Gasteiger partial charge in [-0.1, -0.05) is 17.7 Å². The SMILES string of the molecule is O=C1CC[C@@H](CN(Cc2ccccn2)C(=O)c2ccc(N3CCCC3)c(Cl)c2)N1. The van der Waals surface area contributed by atoms with Crippen molar-refractivity contribution in [3.8, 4) is 0 Å². The fraction of sp³-hybridized carbons (Fsp3) is 0.409. The van der Waals surface area contributed by atoms with Crippen LogP contribution < -0.4 is 10.2 Å². The van der Waals surface area contributed by atoms with Crippen LogP contribution >= 0.6 is 11.6 Å². The summed E-state index contributed by atoms with van der Waals surface area (Å²) in [7, 11) is 0. The van der Waals surface area contributed by atoms with Gasteiger partial charge in [0, 0.05) is 43.9 Å². The lowest BCUT2D eigenvalue weighted by Crippen LogP contribution is -2.41. The van der Waals surface area contributed by atoms with Crippen molar-refractivity contribution < 1.29 is 9.59 Å². The maximum Gasteiger partial charge on any atom is 0.254 e. The van der Waals surface area contributed by atoms with E-state index in [1.165, 1.54) is 12.8 Å². The van der Waals surface area contributed by atoms with Gasteiger partial charge in [0.1, 0.15) is 0 Å². The molecule has 2 fully saturated rings. The van der Waals surface area contributed by atoms with Crippen LogP contribution in [0.15, 0.2) is 42.6 Å². The molecule has 2 aromatic rings. The summed E-state index contributed by atoms with van der Waals surface area (Å²) >= 11 is 6.53. The summed E-state index contributed by atoms with van der Waals surface area (Å²) in [5.41, 5.74) is 2.35. The van der Waals surface area contributed by atoms with E-state index in [1.54, 1.807) is 17.2 Å². The minimum absolute atomic E-state index is 0.0329. The Bertz CT molecular complexity index is 884. The Morgan fingerprint density at radius 2 is 2.07 bits per heavy atom. The highest BCUT2D eigenvalue weighted by atomic mass is 35.5. The number of rotatable bonds is 6. The number of aromatic nitrogens is 1. The standard InChI is InChI=1S/C22H25ClN4O2/c23-19-13-16(6-8-20(19)26-11-3-4-12-26)22(29)27(14-17-5-1-2-10-24-17)15-18-7-9-21(28)25-18/h1-2,5-6,8,10,13,18H,3-4,7,9,11-12,14-15H2,(H,25,28)/t18-/m0/s1. The predicted octanol–water partition coefficient (Wildman–Crippen LogP) is 3.26. The number of halogens is 1. The highest BCUT2D eigenvalue weighted by Crippen LogP contribution is 2.30. The molecule has 2 aliphatic heterocycles. The van der Waals surface area contributed by atoms with Crippen molar-refractivity contribution in [2.45, 2.75) is 38.3 Å². The van der Waals surface area contributed by atoms with E-state index < -0.39 is 0 Å². The molecule has 3 heterocycles. The minimum Gasteiger partial charge on any atom is -0.370 e. The summed E-state index contributed by atoms with van der Waals surface area (Å²) in [4.78, 5) is 33.3. The molecular formula is C22H25ClN4O2. The van der Waals surface area contributed by atoms with E-state index in [9.17, 15) is 9.59 Å². The summed E-state index contributed by atoms with van der Waals surface area (Å²) < 4.78 is 0. The number of nitrogens with one attached hydrogen (secondary N) is 1. The number of nitrogens with zero attached hydrogens (tertiary/aromatic N) is 3. The molecule has 2 amide bonds. The highest BCUT2D eigenvalue weighted by molar-refractivity contribution is 6.33. The molecule has 0 spiro atoms. The predicted molar refractivity (Wildman–Crippen MR) is 113 cm³/mol. The average molecular weight is 413 g/mol. The topological polar surface area (TPSA) is 65.5 Å². The molecule has 0 saturated carbocycles. The van der Waals surface area contributed by atoms with Crippen molar-refractivity contribution in [2.75, 3.05) is 24.5 Å². The van der Waals surface area contributed by atoms with Crippen molar-refractivity contribution >= 4 is 29.1 Å². The molecule has 1 atom stereocenters. The molecular weight excluding hydrogens is 388 g/mol. The van der Waals surface area contributed by atoms with E-state index in [0.717, 1.165) is 30.9 Å². The van der Waals surface area contributed by atoms with E-state index in [2.05, 4.69) is 15.2 Å².